The molecule has 0 aromatic heterocycles. The summed E-state index contributed by atoms with van der Waals surface area (Å²) in [5.41, 5.74) is 7.74. The maximum Gasteiger partial charge on any atom is 0.132 e. The highest BCUT2D eigenvalue weighted by Gasteiger charge is 2.34. The lowest BCUT2D eigenvalue weighted by molar-refractivity contribution is 0.386. The van der Waals surface area contributed by atoms with Gasteiger partial charge in [0, 0.05) is 22.8 Å². The number of nitrogens with zero attached hydrogens (tertiary/aromatic N) is 2. The molecule has 2 atom stereocenters. The Bertz CT molecular complexity index is 572. The first kappa shape index (κ1) is 12.3. The molecule has 0 saturated heterocycles. The number of hydrogen-bond acceptors (Lipinski definition) is 3. The van der Waals surface area contributed by atoms with Gasteiger partial charge in [0.25, 0.3) is 0 Å². The van der Waals surface area contributed by atoms with Crippen LogP contribution in [0.1, 0.15) is 12.5 Å². The molecule has 4 heteroatoms. The van der Waals surface area contributed by atoms with E-state index in [1.807, 2.05) is 36.4 Å². The SMILES string of the molecule is CCN1C(c2ccc(Cl)cc2)=NC2C=C(N)C=CC21. The summed E-state index contributed by atoms with van der Waals surface area (Å²) in [6.45, 7) is 3.06. The molecule has 1 heterocycles. The molecule has 0 bridgehead atoms. The van der Waals surface area contributed by atoms with Crippen molar-refractivity contribution in [3.63, 3.8) is 0 Å². The van der Waals surface area contributed by atoms with Crippen LogP contribution in [0.3, 0.4) is 0 Å². The molecule has 1 aromatic carbocycles. The quantitative estimate of drug-likeness (QED) is 0.900. The van der Waals surface area contributed by atoms with E-state index < -0.39 is 0 Å². The van der Waals surface area contributed by atoms with E-state index in [1.165, 1.54) is 0 Å². The number of likely N-dealkylation sites (N-methyl/N-ethyl adjacent to an activating group) is 1. The van der Waals surface area contributed by atoms with Gasteiger partial charge in [-0.1, -0.05) is 17.7 Å². The monoisotopic (exact) mass is 273 g/mol. The van der Waals surface area contributed by atoms with Crippen LogP contribution in [0.15, 0.2) is 53.2 Å². The molecule has 0 radical (unpaired) electrons. The van der Waals surface area contributed by atoms with Gasteiger partial charge in [-0.3, -0.25) is 4.99 Å². The number of halogens is 1. The number of rotatable bonds is 2. The minimum atomic E-state index is 0.121. The summed E-state index contributed by atoms with van der Waals surface area (Å²) in [5, 5.41) is 0.742. The molecule has 1 aliphatic carbocycles. The number of fused-ring (bicyclic) bond motifs is 1. The lowest BCUT2D eigenvalue weighted by Gasteiger charge is -2.28. The van der Waals surface area contributed by atoms with Crippen LogP contribution < -0.4 is 5.73 Å². The summed E-state index contributed by atoms with van der Waals surface area (Å²) in [6.07, 6.45) is 6.12. The standard InChI is InChI=1S/C15H16ClN3/c1-2-19-14-8-7-12(17)9-13(14)18-15(19)10-3-5-11(16)6-4-10/h3-9,13-14H,2,17H2,1H3. The van der Waals surface area contributed by atoms with Crippen LogP contribution in [0, 0.1) is 0 Å². The fraction of sp³-hybridized carbons (Fsp3) is 0.267. The Hall–Kier alpha value is -1.74. The van der Waals surface area contributed by atoms with Gasteiger partial charge >= 0.3 is 0 Å². The van der Waals surface area contributed by atoms with Crippen LogP contribution in [0.25, 0.3) is 0 Å². The first-order valence-corrected chi connectivity index (χ1v) is 6.82. The topological polar surface area (TPSA) is 41.6 Å². The van der Waals surface area contributed by atoms with Crippen LogP contribution in [-0.2, 0) is 0 Å². The van der Waals surface area contributed by atoms with E-state index in [4.69, 9.17) is 22.3 Å². The molecule has 1 aliphatic heterocycles. The molecule has 2 aliphatic rings. The van der Waals surface area contributed by atoms with Crippen molar-refractivity contribution in [2.75, 3.05) is 6.54 Å². The third-order valence-corrected chi connectivity index (χ3v) is 3.80. The summed E-state index contributed by atoms with van der Waals surface area (Å²) in [4.78, 5) is 7.10. The largest absolute Gasteiger partial charge is 0.399 e. The van der Waals surface area contributed by atoms with E-state index in [2.05, 4.69) is 17.9 Å². The second-order valence-corrected chi connectivity index (χ2v) is 5.19. The van der Waals surface area contributed by atoms with Gasteiger partial charge in [-0.05, 0) is 43.3 Å². The van der Waals surface area contributed by atoms with Crippen molar-refractivity contribution in [2.24, 2.45) is 10.7 Å². The van der Waals surface area contributed by atoms with Crippen molar-refractivity contribution in [2.45, 2.75) is 19.0 Å². The van der Waals surface area contributed by atoms with Crippen molar-refractivity contribution in [3.8, 4) is 0 Å². The zero-order valence-electron chi connectivity index (χ0n) is 10.8. The van der Waals surface area contributed by atoms with Crippen LogP contribution in [0.5, 0.6) is 0 Å². The molecule has 0 fully saturated rings. The predicted octanol–water partition coefficient (Wildman–Crippen LogP) is 2.57. The molecule has 98 valence electrons. The van der Waals surface area contributed by atoms with Crippen LogP contribution in [0.4, 0.5) is 0 Å². The van der Waals surface area contributed by atoms with Gasteiger partial charge in [0.15, 0.2) is 0 Å². The normalized spacial score (nSPS) is 25.1. The van der Waals surface area contributed by atoms with Crippen molar-refractivity contribution in [3.05, 3.63) is 58.8 Å². The summed E-state index contributed by atoms with van der Waals surface area (Å²) in [6, 6.07) is 8.22. The van der Waals surface area contributed by atoms with Crippen LogP contribution in [0.2, 0.25) is 5.02 Å². The maximum absolute atomic E-state index is 5.94. The summed E-state index contributed by atoms with van der Waals surface area (Å²) < 4.78 is 0. The highest BCUT2D eigenvalue weighted by Crippen LogP contribution is 2.27. The summed E-state index contributed by atoms with van der Waals surface area (Å²) in [5.74, 6) is 1.02. The van der Waals surface area contributed by atoms with Crippen LogP contribution >= 0.6 is 11.6 Å². The van der Waals surface area contributed by atoms with Gasteiger partial charge in [0.1, 0.15) is 5.84 Å². The number of allylic oxidation sites excluding steroid dienone is 1. The van der Waals surface area contributed by atoms with E-state index in [-0.39, 0.29) is 12.1 Å². The average molecular weight is 274 g/mol. The van der Waals surface area contributed by atoms with Crippen molar-refractivity contribution < 1.29 is 0 Å². The third-order valence-electron chi connectivity index (χ3n) is 3.55. The predicted molar refractivity (Wildman–Crippen MR) is 79.4 cm³/mol. The molecule has 3 nitrogen and oxygen atoms in total. The van der Waals surface area contributed by atoms with Gasteiger partial charge in [-0.25, -0.2) is 0 Å². The van der Waals surface area contributed by atoms with E-state index in [9.17, 15) is 0 Å². The highest BCUT2D eigenvalue weighted by atomic mass is 35.5. The molecule has 19 heavy (non-hydrogen) atoms. The number of aliphatic imine (C=N–C) groups is 1. The van der Waals surface area contributed by atoms with Crippen molar-refractivity contribution in [1.82, 2.24) is 4.90 Å². The van der Waals surface area contributed by atoms with Crippen molar-refractivity contribution in [1.29, 1.82) is 0 Å². The minimum absolute atomic E-state index is 0.121. The Morgan fingerprint density at radius 2 is 2.05 bits per heavy atom. The zero-order valence-corrected chi connectivity index (χ0v) is 11.5. The number of hydrogen-bond donors (Lipinski definition) is 1. The molecule has 2 unspecified atom stereocenters. The molecule has 0 spiro atoms. The first-order valence-electron chi connectivity index (χ1n) is 6.45. The fourth-order valence-corrected chi connectivity index (χ4v) is 2.76. The zero-order chi connectivity index (χ0) is 13.4. The molecule has 2 N–H and O–H groups in total. The van der Waals surface area contributed by atoms with Gasteiger partial charge < -0.3 is 10.6 Å². The third kappa shape index (κ3) is 2.15. The lowest BCUT2D eigenvalue weighted by atomic mass is 10.0. The van der Waals surface area contributed by atoms with Crippen molar-refractivity contribution >= 4 is 17.4 Å². The lowest BCUT2D eigenvalue weighted by Crippen LogP contribution is -2.39. The number of benzene rings is 1. The van der Waals surface area contributed by atoms with Gasteiger partial charge in [-0.2, -0.15) is 0 Å². The molecular formula is C15H16ClN3. The van der Waals surface area contributed by atoms with Gasteiger partial charge in [-0.15, -0.1) is 0 Å². The summed E-state index contributed by atoms with van der Waals surface area (Å²) in [7, 11) is 0. The molecule has 0 amide bonds. The molecule has 3 rings (SSSR count). The highest BCUT2D eigenvalue weighted by molar-refractivity contribution is 6.30. The molecular weight excluding hydrogens is 258 g/mol. The second kappa shape index (κ2) is 4.74. The number of nitrogens with two attached hydrogens (primary N) is 1. The minimum Gasteiger partial charge on any atom is -0.399 e. The fourth-order valence-electron chi connectivity index (χ4n) is 2.63. The molecule has 0 saturated carbocycles. The van der Waals surface area contributed by atoms with Gasteiger partial charge in [0.2, 0.25) is 0 Å². The Kier molecular flexibility index (Phi) is 3.07. The van der Waals surface area contributed by atoms with Gasteiger partial charge in [0.05, 0.1) is 12.1 Å². The summed E-state index contributed by atoms with van der Waals surface area (Å²) >= 11 is 5.94. The van der Waals surface area contributed by atoms with E-state index >= 15 is 0 Å². The maximum atomic E-state index is 5.94. The number of amidine groups is 1. The Balaban J connectivity index is 1.98. The smallest absolute Gasteiger partial charge is 0.132 e. The second-order valence-electron chi connectivity index (χ2n) is 4.75. The molecule has 1 aromatic rings. The van der Waals surface area contributed by atoms with E-state index in [1.54, 1.807) is 0 Å². The van der Waals surface area contributed by atoms with E-state index in [0.717, 1.165) is 28.7 Å². The Labute approximate surface area is 118 Å². The van der Waals surface area contributed by atoms with Crippen LogP contribution in [-0.4, -0.2) is 29.4 Å². The van der Waals surface area contributed by atoms with E-state index in [0.29, 0.717) is 0 Å². The average Bonchev–Trinajstić information content (AvgIpc) is 2.77. The Morgan fingerprint density at radius 1 is 1.32 bits per heavy atom. The first-order chi connectivity index (χ1) is 9.19. The Morgan fingerprint density at radius 3 is 2.74 bits per heavy atom.